The Balaban J connectivity index is 1.73. The van der Waals surface area contributed by atoms with Gasteiger partial charge in [-0.1, -0.05) is 35.3 Å². The van der Waals surface area contributed by atoms with Gasteiger partial charge in [0, 0.05) is 30.6 Å². The minimum atomic E-state index is -0.318. The van der Waals surface area contributed by atoms with Crippen LogP contribution < -0.4 is 5.32 Å². The number of amides is 3. The van der Waals surface area contributed by atoms with Crippen LogP contribution in [-0.2, 0) is 4.84 Å². The quantitative estimate of drug-likeness (QED) is 0.543. The van der Waals surface area contributed by atoms with Crippen molar-refractivity contribution < 1.29 is 14.4 Å². The number of likely N-dealkylation sites (tertiary alicyclic amines) is 1. The fourth-order valence-electron chi connectivity index (χ4n) is 3.84. The maximum absolute atomic E-state index is 12.8. The molecule has 1 N–H and O–H groups in total. The highest BCUT2D eigenvalue weighted by atomic mass is 35.5. The van der Waals surface area contributed by atoms with Gasteiger partial charge in [-0.2, -0.15) is 0 Å². The highest BCUT2D eigenvalue weighted by Crippen LogP contribution is 2.40. The average molecular weight is 513 g/mol. The Morgan fingerprint density at radius 1 is 1.15 bits per heavy atom. The predicted octanol–water partition coefficient (Wildman–Crippen LogP) is 5.15. The zero-order chi connectivity index (χ0) is 24.3. The second-order valence-electron chi connectivity index (χ2n) is 8.30. The molecule has 0 radical (unpaired) electrons. The molecule has 1 aliphatic rings. The summed E-state index contributed by atoms with van der Waals surface area (Å²) in [5.74, 6) is -0.238. The van der Waals surface area contributed by atoms with E-state index in [4.69, 9.17) is 28.0 Å². The van der Waals surface area contributed by atoms with E-state index < -0.39 is 0 Å². The molecule has 10 heteroatoms. The summed E-state index contributed by atoms with van der Waals surface area (Å²) in [5.41, 5.74) is 1.47. The molecule has 1 aromatic carbocycles. The van der Waals surface area contributed by atoms with Gasteiger partial charge >= 0.3 is 6.03 Å². The molecule has 2 heterocycles. The fraction of sp³-hybridized carbons (Fsp3) is 0.478. The third kappa shape index (κ3) is 5.81. The molecule has 0 aliphatic carbocycles. The summed E-state index contributed by atoms with van der Waals surface area (Å²) in [6.45, 7) is 3.86. The molecule has 1 fully saturated rings. The summed E-state index contributed by atoms with van der Waals surface area (Å²) >= 11 is 14.5. The molecule has 180 valence electrons. The number of benzene rings is 1. The van der Waals surface area contributed by atoms with Crippen LogP contribution in [0.25, 0.3) is 10.4 Å². The van der Waals surface area contributed by atoms with Crippen LogP contribution in [-0.4, -0.2) is 74.2 Å². The number of hydrogen-bond donors (Lipinski definition) is 1. The van der Waals surface area contributed by atoms with E-state index >= 15 is 0 Å². The molecule has 0 bridgehead atoms. The van der Waals surface area contributed by atoms with Gasteiger partial charge in [-0.15, -0.1) is 11.3 Å². The Kier molecular flexibility index (Phi) is 8.64. The van der Waals surface area contributed by atoms with E-state index in [-0.39, 0.29) is 24.0 Å². The number of piperidine rings is 1. The van der Waals surface area contributed by atoms with Crippen molar-refractivity contribution in [1.29, 1.82) is 0 Å². The topological polar surface area (TPSA) is 65.1 Å². The van der Waals surface area contributed by atoms with Crippen LogP contribution in [0.1, 0.15) is 41.0 Å². The Morgan fingerprint density at radius 3 is 2.45 bits per heavy atom. The van der Waals surface area contributed by atoms with Crippen LogP contribution in [0.4, 0.5) is 4.79 Å². The standard InChI is InChI=1S/C23H30Cl2N4O3S/c1-14(26-23(31)28(3)15-10-12-27(2)13-11-15)16-6-7-17(21(25)20(16)24)18-8-9-19(33-18)22(30)29(4)32-5/h6-9,14-15H,10-13H2,1-5H3,(H,26,31). The zero-order valence-corrected chi connectivity index (χ0v) is 21.9. The van der Waals surface area contributed by atoms with Gasteiger partial charge in [0.1, 0.15) is 0 Å². The Labute approximate surface area is 209 Å². The number of halogens is 2. The predicted molar refractivity (Wildman–Crippen MR) is 134 cm³/mol. The smallest absolute Gasteiger partial charge is 0.317 e. The summed E-state index contributed by atoms with van der Waals surface area (Å²) in [7, 11) is 6.93. The summed E-state index contributed by atoms with van der Waals surface area (Å²) in [5, 5.41) is 4.98. The van der Waals surface area contributed by atoms with E-state index in [1.807, 2.05) is 32.2 Å². The molecular formula is C23H30Cl2N4O3S. The van der Waals surface area contributed by atoms with Crippen molar-refractivity contribution in [2.24, 2.45) is 0 Å². The first-order chi connectivity index (χ1) is 15.6. The van der Waals surface area contributed by atoms with Crippen molar-refractivity contribution in [3.8, 4) is 10.4 Å². The molecular weight excluding hydrogens is 483 g/mol. The number of nitrogens with one attached hydrogen (secondary N) is 1. The average Bonchev–Trinajstić information content (AvgIpc) is 3.29. The number of urea groups is 1. The fourth-order valence-corrected chi connectivity index (χ4v) is 5.50. The molecule has 33 heavy (non-hydrogen) atoms. The van der Waals surface area contributed by atoms with Gasteiger partial charge in [0.2, 0.25) is 0 Å². The largest absolute Gasteiger partial charge is 0.331 e. The third-order valence-corrected chi connectivity index (χ3v) is 8.12. The van der Waals surface area contributed by atoms with Gasteiger partial charge in [-0.25, -0.2) is 9.86 Å². The maximum Gasteiger partial charge on any atom is 0.317 e. The first kappa shape index (κ1) is 25.8. The first-order valence-corrected chi connectivity index (χ1v) is 12.3. The van der Waals surface area contributed by atoms with E-state index in [2.05, 4.69) is 17.3 Å². The lowest BCUT2D eigenvalue weighted by atomic mass is 10.0. The van der Waals surface area contributed by atoms with Crippen LogP contribution in [0.15, 0.2) is 24.3 Å². The number of carbonyl (C=O) groups excluding carboxylic acids is 2. The molecule has 1 atom stereocenters. The Hall–Kier alpha value is -1.84. The van der Waals surface area contributed by atoms with Crippen LogP contribution in [0.2, 0.25) is 10.0 Å². The second-order valence-corrected chi connectivity index (χ2v) is 10.1. The molecule has 3 rings (SSSR count). The van der Waals surface area contributed by atoms with Gasteiger partial charge in [0.25, 0.3) is 5.91 Å². The molecule has 1 aliphatic heterocycles. The maximum atomic E-state index is 12.8. The van der Waals surface area contributed by atoms with Crippen molar-refractivity contribution in [2.75, 3.05) is 41.3 Å². The van der Waals surface area contributed by atoms with Crippen molar-refractivity contribution in [3.63, 3.8) is 0 Å². The highest BCUT2D eigenvalue weighted by Gasteiger charge is 2.26. The molecule has 1 aromatic heterocycles. The van der Waals surface area contributed by atoms with Gasteiger partial charge in [-0.05, 0) is 57.6 Å². The summed E-state index contributed by atoms with van der Waals surface area (Å²) in [4.78, 5) is 35.5. The van der Waals surface area contributed by atoms with Crippen LogP contribution in [0, 0.1) is 0 Å². The molecule has 0 spiro atoms. The third-order valence-electron chi connectivity index (χ3n) is 6.12. The van der Waals surface area contributed by atoms with Crippen LogP contribution in [0.3, 0.4) is 0 Å². The van der Waals surface area contributed by atoms with E-state index in [1.54, 1.807) is 18.0 Å². The van der Waals surface area contributed by atoms with Gasteiger partial charge < -0.3 is 15.1 Å². The number of hydrogen-bond acceptors (Lipinski definition) is 5. The number of hydroxylamine groups is 2. The highest BCUT2D eigenvalue weighted by molar-refractivity contribution is 7.17. The number of rotatable bonds is 6. The van der Waals surface area contributed by atoms with Crippen LogP contribution >= 0.6 is 34.5 Å². The summed E-state index contributed by atoms with van der Waals surface area (Å²) < 4.78 is 0. The monoisotopic (exact) mass is 512 g/mol. The summed E-state index contributed by atoms with van der Waals surface area (Å²) in [6, 6.07) is 7.08. The van der Waals surface area contributed by atoms with E-state index in [1.165, 1.54) is 23.5 Å². The van der Waals surface area contributed by atoms with Gasteiger partial charge in [0.05, 0.1) is 28.1 Å². The number of thiophene rings is 1. The van der Waals surface area contributed by atoms with E-state index in [9.17, 15) is 9.59 Å². The van der Waals surface area contributed by atoms with Gasteiger partial charge in [-0.3, -0.25) is 9.63 Å². The first-order valence-electron chi connectivity index (χ1n) is 10.8. The van der Waals surface area contributed by atoms with Crippen molar-refractivity contribution in [1.82, 2.24) is 20.2 Å². The molecule has 3 amide bonds. The summed E-state index contributed by atoms with van der Waals surface area (Å²) in [6.07, 6.45) is 1.92. The molecule has 7 nitrogen and oxygen atoms in total. The minimum absolute atomic E-state index is 0.128. The minimum Gasteiger partial charge on any atom is -0.331 e. The second kappa shape index (κ2) is 11.1. The van der Waals surface area contributed by atoms with E-state index in [0.717, 1.165) is 41.9 Å². The number of nitrogens with zero attached hydrogens (tertiary/aromatic N) is 3. The Bertz CT molecular complexity index is 1010. The normalized spacial score (nSPS) is 15.8. The Morgan fingerprint density at radius 2 is 1.82 bits per heavy atom. The molecule has 1 saturated heterocycles. The lowest BCUT2D eigenvalue weighted by molar-refractivity contribution is -0.0753. The van der Waals surface area contributed by atoms with Crippen molar-refractivity contribution >= 4 is 46.5 Å². The van der Waals surface area contributed by atoms with Crippen molar-refractivity contribution in [2.45, 2.75) is 31.8 Å². The zero-order valence-electron chi connectivity index (χ0n) is 19.5. The lowest BCUT2D eigenvalue weighted by Gasteiger charge is -2.35. The molecule has 1 unspecified atom stereocenters. The van der Waals surface area contributed by atoms with Gasteiger partial charge in [0.15, 0.2) is 0 Å². The lowest BCUT2D eigenvalue weighted by Crippen LogP contribution is -2.48. The molecule has 2 aromatic rings. The van der Waals surface area contributed by atoms with E-state index in [0.29, 0.717) is 14.9 Å². The van der Waals surface area contributed by atoms with Crippen LogP contribution in [0.5, 0.6) is 0 Å². The molecule has 0 saturated carbocycles. The van der Waals surface area contributed by atoms with Crippen molar-refractivity contribution in [3.05, 3.63) is 44.8 Å². The number of carbonyl (C=O) groups is 2. The SMILES string of the molecule is CON(C)C(=O)c1ccc(-c2ccc(C(C)NC(=O)N(C)C3CCN(C)CC3)c(Cl)c2Cl)s1.